The SMILES string of the molecule is C\C=C/C1=C/C=C/CC/C=c2/cc/c(=C/C)c1c2C. The number of benzene rings is 1. The maximum absolute atomic E-state index is 2.35. The zero-order chi connectivity index (χ0) is 13.7. The summed E-state index contributed by atoms with van der Waals surface area (Å²) in [7, 11) is 0. The maximum atomic E-state index is 2.35. The van der Waals surface area contributed by atoms with Crippen LogP contribution in [0.15, 0.2) is 42.5 Å². The van der Waals surface area contributed by atoms with E-state index in [1.54, 1.807) is 0 Å². The van der Waals surface area contributed by atoms with Crippen molar-refractivity contribution >= 4 is 17.7 Å². The van der Waals surface area contributed by atoms with Gasteiger partial charge in [0.25, 0.3) is 0 Å². The fraction of sp³-hybridized carbons (Fsp3) is 0.263. The molecule has 19 heavy (non-hydrogen) atoms. The largest absolute Gasteiger partial charge is 0.0870 e. The Hall–Kier alpha value is -1.82. The molecule has 1 aromatic carbocycles. The van der Waals surface area contributed by atoms with E-state index < -0.39 is 0 Å². The first-order valence-corrected chi connectivity index (χ1v) is 7.04. The summed E-state index contributed by atoms with van der Waals surface area (Å²) < 4.78 is 0. The highest BCUT2D eigenvalue weighted by Gasteiger charge is 2.05. The van der Waals surface area contributed by atoms with Crippen molar-refractivity contribution in [3.05, 3.63) is 64.1 Å². The van der Waals surface area contributed by atoms with Gasteiger partial charge in [0.1, 0.15) is 0 Å². The smallest absolute Gasteiger partial charge is 0.00797 e. The molecule has 1 aromatic rings. The standard InChI is InChI=1S/C19H22/c1-4-10-18-12-9-7-6-8-11-17-14-13-16(5-2)19(18)15(17)3/h4-5,7,9-14H,6,8H2,1-3H3/b9-7+,10-4-,16-5-,17-11-,18-12-. The van der Waals surface area contributed by atoms with Gasteiger partial charge in [0, 0.05) is 0 Å². The van der Waals surface area contributed by atoms with Crippen LogP contribution in [0, 0.1) is 6.92 Å². The monoisotopic (exact) mass is 250 g/mol. The molecule has 0 heterocycles. The Morgan fingerprint density at radius 1 is 1.11 bits per heavy atom. The molecule has 0 saturated carbocycles. The fourth-order valence-corrected chi connectivity index (χ4v) is 2.60. The minimum atomic E-state index is 1.11. The molecule has 1 aliphatic rings. The molecular weight excluding hydrogens is 228 g/mol. The number of rotatable bonds is 1. The van der Waals surface area contributed by atoms with E-state index in [9.17, 15) is 0 Å². The second kappa shape index (κ2) is 6.38. The summed E-state index contributed by atoms with van der Waals surface area (Å²) in [6.45, 7) is 6.41. The molecule has 0 heteroatoms. The lowest BCUT2D eigenvalue weighted by Crippen LogP contribution is -2.19. The van der Waals surface area contributed by atoms with Gasteiger partial charge >= 0.3 is 0 Å². The van der Waals surface area contributed by atoms with Crippen LogP contribution in [0.25, 0.3) is 17.7 Å². The summed E-state index contributed by atoms with van der Waals surface area (Å²) in [5, 5.41) is 2.68. The highest BCUT2D eigenvalue weighted by atomic mass is 14.1. The van der Waals surface area contributed by atoms with Crippen molar-refractivity contribution in [3.63, 3.8) is 0 Å². The van der Waals surface area contributed by atoms with Gasteiger partial charge in [-0.2, -0.15) is 0 Å². The van der Waals surface area contributed by atoms with Gasteiger partial charge in [-0.1, -0.05) is 54.7 Å². The van der Waals surface area contributed by atoms with Crippen LogP contribution in [0.5, 0.6) is 0 Å². The van der Waals surface area contributed by atoms with E-state index in [2.05, 4.69) is 75.4 Å². The van der Waals surface area contributed by atoms with E-state index >= 15 is 0 Å². The first-order valence-electron chi connectivity index (χ1n) is 7.04. The van der Waals surface area contributed by atoms with Crippen LogP contribution in [0.4, 0.5) is 0 Å². The minimum Gasteiger partial charge on any atom is -0.0870 e. The third-order valence-corrected chi connectivity index (χ3v) is 3.59. The Balaban J connectivity index is 2.84. The average Bonchev–Trinajstić information content (AvgIpc) is 2.41. The molecule has 0 atom stereocenters. The van der Waals surface area contributed by atoms with Crippen molar-refractivity contribution in [1.82, 2.24) is 0 Å². The molecule has 98 valence electrons. The quantitative estimate of drug-likeness (QED) is 0.709. The van der Waals surface area contributed by atoms with Crippen molar-refractivity contribution in [2.45, 2.75) is 33.6 Å². The molecule has 0 saturated heterocycles. The Labute approximate surface area is 116 Å². The lowest BCUT2D eigenvalue weighted by Gasteiger charge is -2.10. The topological polar surface area (TPSA) is 0 Å². The number of fused-ring (bicyclic) bond motifs is 2. The molecule has 2 bridgehead atoms. The molecule has 0 aliphatic heterocycles. The highest BCUT2D eigenvalue weighted by Crippen LogP contribution is 2.16. The second-order valence-corrected chi connectivity index (χ2v) is 4.86. The van der Waals surface area contributed by atoms with E-state index in [1.165, 1.54) is 27.1 Å². The molecular formula is C19H22. The van der Waals surface area contributed by atoms with Crippen LogP contribution in [0.2, 0.25) is 0 Å². The van der Waals surface area contributed by atoms with Gasteiger partial charge in [-0.25, -0.2) is 0 Å². The fourth-order valence-electron chi connectivity index (χ4n) is 2.60. The zero-order valence-corrected chi connectivity index (χ0v) is 12.1. The van der Waals surface area contributed by atoms with Crippen LogP contribution in [-0.2, 0) is 0 Å². The summed E-state index contributed by atoms with van der Waals surface area (Å²) in [6.07, 6.45) is 17.7. The van der Waals surface area contributed by atoms with E-state index in [4.69, 9.17) is 0 Å². The van der Waals surface area contributed by atoms with Crippen molar-refractivity contribution in [3.8, 4) is 0 Å². The number of hydrogen-bond acceptors (Lipinski definition) is 0. The van der Waals surface area contributed by atoms with Crippen molar-refractivity contribution in [1.29, 1.82) is 0 Å². The van der Waals surface area contributed by atoms with Crippen LogP contribution in [0.3, 0.4) is 0 Å². The lowest BCUT2D eigenvalue weighted by molar-refractivity contribution is 1.09. The third kappa shape index (κ3) is 2.96. The van der Waals surface area contributed by atoms with Gasteiger partial charge < -0.3 is 0 Å². The van der Waals surface area contributed by atoms with E-state index in [1.807, 2.05) is 0 Å². The maximum Gasteiger partial charge on any atom is -0.00797 e. The molecule has 0 spiro atoms. The van der Waals surface area contributed by atoms with Gasteiger partial charge in [-0.05, 0) is 60.8 Å². The van der Waals surface area contributed by atoms with Crippen molar-refractivity contribution < 1.29 is 0 Å². The summed E-state index contributed by atoms with van der Waals surface area (Å²) in [5.74, 6) is 0. The third-order valence-electron chi connectivity index (χ3n) is 3.59. The molecule has 0 aromatic heterocycles. The molecule has 1 aliphatic carbocycles. The van der Waals surface area contributed by atoms with Gasteiger partial charge in [0.2, 0.25) is 0 Å². The predicted molar refractivity (Wildman–Crippen MR) is 86.2 cm³/mol. The highest BCUT2D eigenvalue weighted by molar-refractivity contribution is 5.78. The van der Waals surface area contributed by atoms with Crippen LogP contribution < -0.4 is 10.4 Å². The molecule has 0 unspecified atom stereocenters. The van der Waals surface area contributed by atoms with E-state index in [-0.39, 0.29) is 0 Å². The Kier molecular flexibility index (Phi) is 4.57. The van der Waals surface area contributed by atoms with Gasteiger partial charge in [-0.15, -0.1) is 0 Å². The summed E-state index contributed by atoms with van der Waals surface area (Å²) in [5.41, 5.74) is 4.04. The second-order valence-electron chi connectivity index (χ2n) is 4.86. The Morgan fingerprint density at radius 3 is 2.68 bits per heavy atom. The molecule has 0 amide bonds. The Morgan fingerprint density at radius 2 is 1.95 bits per heavy atom. The van der Waals surface area contributed by atoms with E-state index in [0.29, 0.717) is 0 Å². The molecule has 0 nitrogen and oxygen atoms in total. The summed E-state index contributed by atoms with van der Waals surface area (Å²) >= 11 is 0. The Bertz CT molecular complexity index is 652. The van der Waals surface area contributed by atoms with Crippen molar-refractivity contribution in [2.75, 3.05) is 0 Å². The van der Waals surface area contributed by atoms with Crippen LogP contribution >= 0.6 is 0 Å². The zero-order valence-electron chi connectivity index (χ0n) is 12.1. The minimum absolute atomic E-state index is 1.11. The number of allylic oxidation sites excluding steroid dienone is 6. The molecule has 0 radical (unpaired) electrons. The summed E-state index contributed by atoms with van der Waals surface area (Å²) in [6, 6.07) is 4.48. The van der Waals surface area contributed by atoms with Gasteiger partial charge in [0.05, 0.1) is 0 Å². The average molecular weight is 250 g/mol. The molecule has 0 N–H and O–H groups in total. The lowest BCUT2D eigenvalue weighted by atomic mass is 9.94. The first kappa shape index (κ1) is 13.6. The first-order chi connectivity index (χ1) is 9.27. The summed E-state index contributed by atoms with van der Waals surface area (Å²) in [4.78, 5) is 0. The van der Waals surface area contributed by atoms with Crippen LogP contribution in [0.1, 0.15) is 37.8 Å². The van der Waals surface area contributed by atoms with Crippen LogP contribution in [-0.4, -0.2) is 0 Å². The predicted octanol–water partition coefficient (Wildman–Crippen LogP) is 3.89. The van der Waals surface area contributed by atoms with Crippen molar-refractivity contribution in [2.24, 2.45) is 0 Å². The molecule has 2 rings (SSSR count). The van der Waals surface area contributed by atoms with Gasteiger partial charge in [-0.3, -0.25) is 0 Å². The van der Waals surface area contributed by atoms with Gasteiger partial charge in [0.15, 0.2) is 0 Å². The number of hydrogen-bond donors (Lipinski definition) is 0. The van der Waals surface area contributed by atoms with E-state index in [0.717, 1.165) is 12.8 Å². The normalized spacial score (nSPS) is 22.6. The molecule has 0 fully saturated rings.